The van der Waals surface area contributed by atoms with Crippen LogP contribution in [0.3, 0.4) is 0 Å². The second-order valence-corrected chi connectivity index (χ2v) is 10.5. The maximum absolute atomic E-state index is 14.0. The average Bonchev–Trinajstić information content (AvgIpc) is 3.41. The topological polar surface area (TPSA) is 42.1 Å². The van der Waals surface area contributed by atoms with E-state index in [-0.39, 0.29) is 5.52 Å². The van der Waals surface area contributed by atoms with Crippen LogP contribution in [0.4, 0.5) is 0 Å². The molecule has 0 saturated carbocycles. The summed E-state index contributed by atoms with van der Waals surface area (Å²) in [4.78, 5) is 14.0. The van der Waals surface area contributed by atoms with E-state index >= 15 is 0 Å². The fourth-order valence-electron chi connectivity index (χ4n) is 3.79. The average molecular weight is 364 g/mol. The molecule has 1 aliphatic heterocycles. The third kappa shape index (κ3) is 2.22. The SMILES string of the molecule is Cc1cc(C)c(C(=O)P2(c3ccccc3)(c3ccccc3)OO2)c(C)c1. The molecular formula is C22H21O3P. The molecule has 0 atom stereocenters. The summed E-state index contributed by atoms with van der Waals surface area (Å²) in [6.07, 6.45) is 0. The Morgan fingerprint density at radius 1 is 0.731 bits per heavy atom. The molecule has 0 N–H and O–H groups in total. The second kappa shape index (κ2) is 5.85. The van der Waals surface area contributed by atoms with Crippen LogP contribution in [0.25, 0.3) is 0 Å². The van der Waals surface area contributed by atoms with Gasteiger partial charge in [0.05, 0.1) is 0 Å². The van der Waals surface area contributed by atoms with Crippen molar-refractivity contribution in [2.45, 2.75) is 20.8 Å². The zero-order chi connectivity index (χ0) is 18.4. The Morgan fingerprint density at radius 2 is 1.15 bits per heavy atom. The van der Waals surface area contributed by atoms with E-state index in [0.29, 0.717) is 5.56 Å². The molecule has 26 heavy (non-hydrogen) atoms. The first kappa shape index (κ1) is 17.1. The summed E-state index contributed by atoms with van der Waals surface area (Å²) in [7, 11) is -3.82. The third-order valence-corrected chi connectivity index (χ3v) is 9.04. The second-order valence-electron chi connectivity index (χ2n) is 6.86. The summed E-state index contributed by atoms with van der Waals surface area (Å²) in [6, 6.07) is 23.3. The van der Waals surface area contributed by atoms with E-state index in [1.54, 1.807) is 0 Å². The summed E-state index contributed by atoms with van der Waals surface area (Å²) in [6.45, 7) is 5.98. The van der Waals surface area contributed by atoms with Crippen LogP contribution in [0, 0.1) is 20.8 Å². The molecule has 0 aliphatic carbocycles. The minimum absolute atomic E-state index is 0.0663. The van der Waals surface area contributed by atoms with E-state index in [4.69, 9.17) is 9.35 Å². The van der Waals surface area contributed by atoms with Gasteiger partial charge in [0, 0.05) is 0 Å². The van der Waals surface area contributed by atoms with E-state index < -0.39 is 7.06 Å². The van der Waals surface area contributed by atoms with Gasteiger partial charge in [0.15, 0.2) is 0 Å². The molecule has 132 valence electrons. The van der Waals surface area contributed by atoms with E-state index in [1.165, 1.54) is 0 Å². The fraction of sp³-hybridized carbons (Fsp3) is 0.136. The fourth-order valence-corrected chi connectivity index (χ4v) is 7.62. The van der Waals surface area contributed by atoms with Crippen molar-refractivity contribution >= 4 is 23.2 Å². The van der Waals surface area contributed by atoms with Crippen molar-refractivity contribution in [1.29, 1.82) is 0 Å². The summed E-state index contributed by atoms with van der Waals surface area (Å²) in [5.41, 5.74) is 3.66. The zero-order valence-electron chi connectivity index (χ0n) is 15.1. The molecule has 3 aromatic carbocycles. The van der Waals surface area contributed by atoms with Crippen LogP contribution in [0.2, 0.25) is 0 Å². The van der Waals surface area contributed by atoms with Crippen molar-refractivity contribution < 1.29 is 14.1 Å². The molecular weight excluding hydrogens is 343 g/mol. The third-order valence-electron chi connectivity index (χ3n) is 5.01. The van der Waals surface area contributed by atoms with Gasteiger partial charge in [-0.2, -0.15) is 0 Å². The van der Waals surface area contributed by atoms with E-state index in [2.05, 4.69) is 0 Å². The van der Waals surface area contributed by atoms with Gasteiger partial charge >= 0.3 is 153 Å². The Bertz CT molecular complexity index is 926. The Balaban J connectivity index is 2.02. The zero-order valence-corrected chi connectivity index (χ0v) is 16.0. The van der Waals surface area contributed by atoms with Gasteiger partial charge in [0.25, 0.3) is 0 Å². The maximum atomic E-state index is 14.0. The van der Waals surface area contributed by atoms with E-state index in [0.717, 1.165) is 27.3 Å². The first-order valence-corrected chi connectivity index (χ1v) is 10.7. The van der Waals surface area contributed by atoms with Crippen molar-refractivity contribution in [2.75, 3.05) is 0 Å². The summed E-state index contributed by atoms with van der Waals surface area (Å²) in [5.74, 6) is 0. The van der Waals surface area contributed by atoms with Gasteiger partial charge < -0.3 is 0 Å². The number of hydrogen-bond donors (Lipinski definition) is 0. The van der Waals surface area contributed by atoms with Gasteiger partial charge in [-0.05, 0) is 0 Å². The van der Waals surface area contributed by atoms with Crippen LogP contribution in [0.15, 0.2) is 72.8 Å². The Labute approximate surface area is 153 Å². The quantitative estimate of drug-likeness (QED) is 0.381. The summed E-state index contributed by atoms with van der Waals surface area (Å²) >= 11 is 0. The normalized spacial score (nSPS) is 18.5. The molecule has 0 bridgehead atoms. The first-order chi connectivity index (χ1) is 12.5. The van der Waals surface area contributed by atoms with E-state index in [9.17, 15) is 4.79 Å². The predicted molar refractivity (Wildman–Crippen MR) is 106 cm³/mol. The molecule has 3 aromatic rings. The number of carbonyl (C=O) groups excluding carboxylic acids is 1. The summed E-state index contributed by atoms with van der Waals surface area (Å²) < 4.78 is 11.6. The molecule has 0 radical (unpaired) electrons. The van der Waals surface area contributed by atoms with Gasteiger partial charge in [0.1, 0.15) is 0 Å². The van der Waals surface area contributed by atoms with Crippen LogP contribution in [-0.4, -0.2) is 5.52 Å². The van der Waals surface area contributed by atoms with Crippen molar-refractivity contribution in [2.24, 2.45) is 0 Å². The van der Waals surface area contributed by atoms with Crippen LogP contribution < -0.4 is 10.6 Å². The molecule has 4 heteroatoms. The summed E-state index contributed by atoms with van der Waals surface area (Å²) in [5, 5.41) is 1.60. The van der Waals surface area contributed by atoms with Crippen LogP contribution in [0.1, 0.15) is 27.0 Å². The van der Waals surface area contributed by atoms with Gasteiger partial charge in [-0.25, -0.2) is 0 Å². The number of carbonyl (C=O) groups is 1. The van der Waals surface area contributed by atoms with Gasteiger partial charge in [-0.1, -0.05) is 0 Å². The van der Waals surface area contributed by atoms with Gasteiger partial charge in [-0.3, -0.25) is 0 Å². The number of rotatable bonds is 4. The van der Waals surface area contributed by atoms with Crippen molar-refractivity contribution in [1.82, 2.24) is 0 Å². The predicted octanol–water partition coefficient (Wildman–Crippen LogP) is 4.75. The number of hydrogen-bond acceptors (Lipinski definition) is 3. The van der Waals surface area contributed by atoms with Crippen LogP contribution in [0.5, 0.6) is 0 Å². The molecule has 0 amide bonds. The van der Waals surface area contributed by atoms with Crippen molar-refractivity contribution in [3.63, 3.8) is 0 Å². The van der Waals surface area contributed by atoms with Gasteiger partial charge in [0.2, 0.25) is 0 Å². The molecule has 1 saturated heterocycles. The molecule has 4 rings (SSSR count). The number of benzene rings is 3. The molecule has 1 fully saturated rings. The Hall–Kier alpha value is -2.32. The molecule has 0 aromatic heterocycles. The standard InChI is InChI=1S/C22H21O3P/c1-16-14-17(2)21(18(3)15-16)22(23)26(24-25-26,19-10-6-4-7-11-19)20-12-8-5-9-13-20/h4-15H,1-3H3. The number of aryl methyl sites for hydroxylation is 3. The molecule has 1 aliphatic rings. The molecule has 0 unspecified atom stereocenters. The monoisotopic (exact) mass is 364 g/mol. The van der Waals surface area contributed by atoms with Crippen molar-refractivity contribution in [3.8, 4) is 0 Å². The van der Waals surface area contributed by atoms with Crippen LogP contribution in [-0.2, 0) is 9.35 Å². The first-order valence-electron chi connectivity index (χ1n) is 8.63. The van der Waals surface area contributed by atoms with Crippen molar-refractivity contribution in [3.05, 3.63) is 95.1 Å². The minimum atomic E-state index is -3.82. The molecule has 3 nitrogen and oxygen atoms in total. The molecule has 1 heterocycles. The van der Waals surface area contributed by atoms with Crippen LogP contribution >= 0.6 is 7.06 Å². The molecule has 0 spiro atoms. The Kier molecular flexibility index (Phi) is 3.85. The van der Waals surface area contributed by atoms with Gasteiger partial charge in [-0.15, -0.1) is 0 Å². The van der Waals surface area contributed by atoms with E-state index in [1.807, 2.05) is 93.6 Å². The Morgan fingerprint density at radius 3 is 1.54 bits per heavy atom.